The number of amides is 1. The Balaban J connectivity index is 0.00000243. The summed E-state index contributed by atoms with van der Waals surface area (Å²) in [5, 5.41) is 0. The monoisotopic (exact) mass is 464 g/mol. The number of halogens is 1. The van der Waals surface area contributed by atoms with E-state index >= 15 is 0 Å². The fourth-order valence-corrected chi connectivity index (χ4v) is 3.62. The van der Waals surface area contributed by atoms with Crippen LogP contribution in [0.15, 0.2) is 60.7 Å². The highest BCUT2D eigenvalue weighted by molar-refractivity contribution is 5.78. The van der Waals surface area contributed by atoms with Crippen molar-refractivity contribution in [1.82, 2.24) is 4.90 Å². The van der Waals surface area contributed by atoms with Gasteiger partial charge in [0.1, 0.15) is 0 Å². The number of nitrogens with zero attached hydrogens (tertiary/aromatic N) is 2. The maximum atomic E-state index is 13.0. The molecule has 1 saturated heterocycles. The molecule has 0 bridgehead atoms. The van der Waals surface area contributed by atoms with E-state index in [2.05, 4.69) is 67.4 Å². The highest BCUT2D eigenvalue weighted by atomic mass is 127. The molecule has 2 aromatic carbocycles. The second kappa shape index (κ2) is 9.51. The lowest BCUT2D eigenvalue weighted by Gasteiger charge is -2.41. The predicted molar refractivity (Wildman–Crippen MR) is 102 cm³/mol. The van der Waals surface area contributed by atoms with Gasteiger partial charge in [0.2, 0.25) is 5.91 Å². The van der Waals surface area contributed by atoms with Crippen LogP contribution in [0.3, 0.4) is 0 Å². The number of hydrogen-bond acceptors (Lipinski definition) is 1. The molecule has 1 aliphatic heterocycles. The van der Waals surface area contributed by atoms with Crippen molar-refractivity contribution in [3.63, 3.8) is 0 Å². The predicted octanol–water partition coefficient (Wildman–Crippen LogP) is 0.521. The Morgan fingerprint density at radius 2 is 1.42 bits per heavy atom. The molecule has 0 aromatic heterocycles. The Morgan fingerprint density at radius 1 is 0.962 bits per heavy atom. The van der Waals surface area contributed by atoms with Gasteiger partial charge in [-0.1, -0.05) is 60.7 Å². The topological polar surface area (TPSA) is 20.3 Å². The fourth-order valence-electron chi connectivity index (χ4n) is 3.62. The van der Waals surface area contributed by atoms with E-state index in [1.165, 1.54) is 11.1 Å². The zero-order chi connectivity index (χ0) is 17.7. The van der Waals surface area contributed by atoms with Gasteiger partial charge in [0.05, 0.1) is 39.8 Å². The smallest absolute Gasteiger partial charge is 0.223 e. The van der Waals surface area contributed by atoms with Crippen molar-refractivity contribution in [3.05, 3.63) is 71.8 Å². The molecule has 1 heterocycles. The van der Waals surface area contributed by atoms with Crippen molar-refractivity contribution < 1.29 is 33.3 Å². The molecule has 2 aromatic rings. The number of benzene rings is 2. The molecular weight excluding hydrogens is 435 g/mol. The highest BCUT2D eigenvalue weighted by Crippen LogP contribution is 2.29. The van der Waals surface area contributed by atoms with Crippen LogP contribution in [-0.2, 0) is 4.79 Å². The number of likely N-dealkylation sites (N-methyl/N-ethyl adjacent to an activating group) is 1. The zero-order valence-corrected chi connectivity index (χ0v) is 17.9. The molecule has 0 atom stereocenters. The third-order valence-corrected chi connectivity index (χ3v) is 5.72. The Kier molecular flexibility index (Phi) is 7.65. The van der Waals surface area contributed by atoms with Gasteiger partial charge in [0.25, 0.3) is 0 Å². The SMILES string of the molecule is CC[N+]1(C)CCN(C(=O)CC(c2ccccc2)c2ccccc2)CC1.[I-]. The second-order valence-electron chi connectivity index (χ2n) is 7.34. The van der Waals surface area contributed by atoms with Gasteiger partial charge in [0.15, 0.2) is 0 Å². The van der Waals surface area contributed by atoms with Gasteiger partial charge in [-0.05, 0) is 18.1 Å². The minimum absolute atomic E-state index is 0. The Labute approximate surface area is 174 Å². The van der Waals surface area contributed by atoms with E-state index in [0.29, 0.717) is 6.42 Å². The molecule has 0 spiro atoms. The largest absolute Gasteiger partial charge is 1.00 e. The third-order valence-electron chi connectivity index (χ3n) is 5.72. The lowest BCUT2D eigenvalue weighted by molar-refractivity contribution is -0.911. The first kappa shape index (κ1) is 20.9. The van der Waals surface area contributed by atoms with Crippen LogP contribution in [0.1, 0.15) is 30.4 Å². The average molecular weight is 464 g/mol. The van der Waals surface area contributed by atoms with Crippen LogP contribution in [0.25, 0.3) is 0 Å². The summed E-state index contributed by atoms with van der Waals surface area (Å²) in [7, 11) is 2.29. The first-order valence-corrected chi connectivity index (χ1v) is 9.32. The minimum atomic E-state index is 0. The summed E-state index contributed by atoms with van der Waals surface area (Å²) in [6.07, 6.45) is 0.546. The summed E-state index contributed by atoms with van der Waals surface area (Å²) in [4.78, 5) is 15.0. The van der Waals surface area contributed by atoms with Crippen LogP contribution in [-0.4, -0.2) is 55.1 Å². The Hall–Kier alpha value is -1.40. The molecule has 0 N–H and O–H groups in total. The van der Waals surface area contributed by atoms with Crippen molar-refractivity contribution in [3.8, 4) is 0 Å². The quantitative estimate of drug-likeness (QED) is 0.467. The highest BCUT2D eigenvalue weighted by Gasteiger charge is 2.30. The van der Waals surface area contributed by atoms with Crippen molar-refractivity contribution in [2.75, 3.05) is 39.8 Å². The molecule has 3 rings (SSSR count). The van der Waals surface area contributed by atoms with Gasteiger partial charge in [-0.3, -0.25) is 4.79 Å². The summed E-state index contributed by atoms with van der Waals surface area (Å²) in [6, 6.07) is 20.8. The Bertz CT molecular complexity index is 642. The molecule has 0 aliphatic carbocycles. The molecule has 1 aliphatic rings. The summed E-state index contributed by atoms with van der Waals surface area (Å²) in [5.41, 5.74) is 2.43. The summed E-state index contributed by atoms with van der Waals surface area (Å²) < 4.78 is 1.07. The van der Waals surface area contributed by atoms with Crippen molar-refractivity contribution in [2.45, 2.75) is 19.3 Å². The third kappa shape index (κ3) is 5.07. The number of carbonyl (C=O) groups is 1. The maximum Gasteiger partial charge on any atom is 0.223 e. The van der Waals surface area contributed by atoms with Gasteiger partial charge >= 0.3 is 0 Å². The summed E-state index contributed by atoms with van der Waals surface area (Å²) in [5.74, 6) is 0.406. The molecule has 3 nitrogen and oxygen atoms in total. The van der Waals surface area contributed by atoms with E-state index in [-0.39, 0.29) is 35.8 Å². The van der Waals surface area contributed by atoms with Crippen LogP contribution in [0.4, 0.5) is 0 Å². The molecular formula is C22H29IN2O. The number of carbonyl (C=O) groups excluding carboxylic acids is 1. The number of piperazine rings is 1. The lowest BCUT2D eigenvalue weighted by atomic mass is 9.88. The Morgan fingerprint density at radius 3 is 1.85 bits per heavy atom. The van der Waals surface area contributed by atoms with Crippen LogP contribution >= 0.6 is 0 Å². The fraction of sp³-hybridized carbons (Fsp3) is 0.409. The standard InChI is InChI=1S/C22H29N2O.HI/c1-3-24(2)16-14-23(15-17-24)22(25)18-21(19-10-6-4-7-11-19)20-12-8-5-9-13-20;/h4-13,21H,3,14-18H2,1-2H3;1H/q+1;/p-1. The van der Waals surface area contributed by atoms with E-state index in [9.17, 15) is 4.79 Å². The van der Waals surface area contributed by atoms with Crippen LogP contribution in [0, 0.1) is 0 Å². The summed E-state index contributed by atoms with van der Waals surface area (Å²) in [6.45, 7) is 7.24. The van der Waals surface area contributed by atoms with Gasteiger partial charge in [-0.25, -0.2) is 0 Å². The van der Waals surface area contributed by atoms with Gasteiger partial charge in [-0.15, -0.1) is 0 Å². The van der Waals surface area contributed by atoms with E-state index in [0.717, 1.165) is 37.2 Å². The van der Waals surface area contributed by atoms with Gasteiger partial charge in [-0.2, -0.15) is 0 Å². The molecule has 0 saturated carbocycles. The van der Waals surface area contributed by atoms with Crippen molar-refractivity contribution in [1.29, 1.82) is 0 Å². The number of rotatable bonds is 5. The molecule has 1 amide bonds. The molecule has 0 radical (unpaired) electrons. The first-order valence-electron chi connectivity index (χ1n) is 9.32. The number of hydrogen-bond donors (Lipinski definition) is 0. The van der Waals surface area contributed by atoms with E-state index < -0.39 is 0 Å². The molecule has 26 heavy (non-hydrogen) atoms. The zero-order valence-electron chi connectivity index (χ0n) is 15.8. The van der Waals surface area contributed by atoms with Crippen molar-refractivity contribution in [2.24, 2.45) is 0 Å². The van der Waals surface area contributed by atoms with Crippen LogP contribution < -0.4 is 24.0 Å². The molecule has 4 heteroatoms. The minimum Gasteiger partial charge on any atom is -1.00 e. The summed E-state index contributed by atoms with van der Waals surface area (Å²) >= 11 is 0. The average Bonchev–Trinajstić information content (AvgIpc) is 2.68. The van der Waals surface area contributed by atoms with Crippen LogP contribution in [0.2, 0.25) is 0 Å². The maximum absolute atomic E-state index is 13.0. The second-order valence-corrected chi connectivity index (χ2v) is 7.34. The first-order chi connectivity index (χ1) is 12.1. The lowest BCUT2D eigenvalue weighted by Crippen LogP contribution is -3.00. The van der Waals surface area contributed by atoms with Crippen molar-refractivity contribution >= 4 is 5.91 Å². The van der Waals surface area contributed by atoms with E-state index in [4.69, 9.17) is 0 Å². The van der Waals surface area contributed by atoms with E-state index in [1.54, 1.807) is 0 Å². The normalized spacial score (nSPS) is 16.2. The van der Waals surface area contributed by atoms with E-state index in [1.807, 2.05) is 12.1 Å². The molecule has 140 valence electrons. The molecule has 1 fully saturated rings. The van der Waals surface area contributed by atoms with Gasteiger partial charge in [0, 0.05) is 12.3 Å². The molecule has 0 unspecified atom stereocenters. The van der Waals surface area contributed by atoms with Gasteiger partial charge < -0.3 is 33.4 Å². The number of quaternary nitrogens is 1. The van der Waals surface area contributed by atoms with Crippen LogP contribution in [0.5, 0.6) is 0 Å².